The van der Waals surface area contributed by atoms with E-state index in [-0.39, 0.29) is 0 Å². The lowest BCUT2D eigenvalue weighted by atomic mass is 10.2. The van der Waals surface area contributed by atoms with Gasteiger partial charge in [0.1, 0.15) is 17.4 Å². The molecule has 0 spiro atoms. The van der Waals surface area contributed by atoms with Gasteiger partial charge in [-0.1, -0.05) is 30.3 Å². The molecule has 2 heterocycles. The minimum Gasteiger partial charge on any atom is -0.497 e. The third-order valence-electron chi connectivity index (χ3n) is 4.25. The van der Waals surface area contributed by atoms with Gasteiger partial charge in [0.15, 0.2) is 0 Å². The van der Waals surface area contributed by atoms with E-state index >= 15 is 0 Å². The van der Waals surface area contributed by atoms with Crippen LogP contribution in [0.25, 0.3) is 29.0 Å². The molecule has 2 aromatic heterocycles. The zero-order valence-electron chi connectivity index (χ0n) is 14.8. The second kappa shape index (κ2) is 6.84. The van der Waals surface area contributed by atoms with E-state index in [1.807, 2.05) is 54.6 Å². The lowest BCUT2D eigenvalue weighted by Gasteiger charge is -2.06. The highest BCUT2D eigenvalue weighted by Gasteiger charge is 2.11. The van der Waals surface area contributed by atoms with Crippen LogP contribution in [0.1, 0.15) is 17.0 Å². The number of aryl methyl sites for hydroxylation is 1. The molecule has 2 aromatic carbocycles. The van der Waals surface area contributed by atoms with Crippen LogP contribution in [0.15, 0.2) is 66.9 Å². The maximum absolute atomic E-state index is 5.21. The van der Waals surface area contributed by atoms with Gasteiger partial charge in [-0.15, -0.1) is 0 Å². The van der Waals surface area contributed by atoms with Crippen LogP contribution in [0.5, 0.6) is 5.75 Å². The molecule has 4 heteroatoms. The molecule has 4 nitrogen and oxygen atoms in total. The number of pyridine rings is 1. The Morgan fingerprint density at radius 3 is 2.54 bits per heavy atom. The van der Waals surface area contributed by atoms with Gasteiger partial charge in [0.2, 0.25) is 0 Å². The van der Waals surface area contributed by atoms with Gasteiger partial charge < -0.3 is 4.74 Å². The molecular formula is C22H19N3O. The van der Waals surface area contributed by atoms with Crippen molar-refractivity contribution in [2.24, 2.45) is 0 Å². The average Bonchev–Trinajstić information content (AvgIpc) is 3.04. The number of rotatable bonds is 4. The van der Waals surface area contributed by atoms with Crippen molar-refractivity contribution >= 4 is 23.2 Å². The maximum Gasteiger partial charge on any atom is 0.139 e. The van der Waals surface area contributed by atoms with Crippen molar-refractivity contribution in [1.82, 2.24) is 14.5 Å². The third kappa shape index (κ3) is 3.09. The molecule has 0 radical (unpaired) electrons. The normalized spacial score (nSPS) is 11.3. The molecule has 0 atom stereocenters. The van der Waals surface area contributed by atoms with Crippen LogP contribution >= 0.6 is 0 Å². The van der Waals surface area contributed by atoms with Crippen LogP contribution < -0.4 is 4.74 Å². The lowest BCUT2D eigenvalue weighted by Crippen LogP contribution is -1.99. The zero-order chi connectivity index (χ0) is 17.9. The van der Waals surface area contributed by atoms with Gasteiger partial charge in [-0.2, -0.15) is 0 Å². The molecular weight excluding hydrogens is 322 g/mol. The Hall–Kier alpha value is -3.40. The molecule has 128 valence electrons. The van der Waals surface area contributed by atoms with Crippen LogP contribution in [-0.2, 0) is 0 Å². The number of imidazole rings is 1. The predicted molar refractivity (Wildman–Crippen MR) is 106 cm³/mol. The number of aromatic nitrogens is 3. The molecule has 0 amide bonds. The van der Waals surface area contributed by atoms with Gasteiger partial charge in [-0.3, -0.25) is 4.57 Å². The summed E-state index contributed by atoms with van der Waals surface area (Å²) < 4.78 is 7.29. The van der Waals surface area contributed by atoms with Gasteiger partial charge >= 0.3 is 0 Å². The van der Waals surface area contributed by atoms with E-state index in [4.69, 9.17) is 9.72 Å². The first-order valence-corrected chi connectivity index (χ1v) is 8.47. The summed E-state index contributed by atoms with van der Waals surface area (Å²) in [4.78, 5) is 9.31. The molecule has 26 heavy (non-hydrogen) atoms. The molecule has 0 unspecified atom stereocenters. The first-order chi connectivity index (χ1) is 12.7. The molecule has 0 bridgehead atoms. The first kappa shape index (κ1) is 16.1. The Morgan fingerprint density at radius 1 is 0.962 bits per heavy atom. The minimum absolute atomic E-state index is 0.846. The monoisotopic (exact) mass is 341 g/mol. The maximum atomic E-state index is 5.21. The molecule has 0 aliphatic carbocycles. The summed E-state index contributed by atoms with van der Waals surface area (Å²) >= 11 is 0. The van der Waals surface area contributed by atoms with Crippen molar-refractivity contribution in [3.05, 3.63) is 83.8 Å². The van der Waals surface area contributed by atoms with Crippen molar-refractivity contribution in [3.8, 4) is 11.6 Å². The third-order valence-corrected chi connectivity index (χ3v) is 4.25. The fourth-order valence-electron chi connectivity index (χ4n) is 2.93. The topological polar surface area (TPSA) is 39.9 Å². The standard InChI is InChI=1S/C22H19N3O/c1-16-6-12-20-19(15-16)24-22(25(20)21-5-3-4-14-23-21)13-9-17-7-10-18(26-2)11-8-17/h3-15H,1-2H3. The summed E-state index contributed by atoms with van der Waals surface area (Å²) in [5.41, 5.74) is 4.28. The number of ether oxygens (including phenoxy) is 1. The molecule has 0 aliphatic rings. The van der Waals surface area contributed by atoms with Crippen molar-refractivity contribution in [2.45, 2.75) is 6.92 Å². The molecule has 0 saturated heterocycles. The lowest BCUT2D eigenvalue weighted by molar-refractivity contribution is 0.415. The molecule has 0 N–H and O–H groups in total. The largest absolute Gasteiger partial charge is 0.497 e. The highest BCUT2D eigenvalue weighted by Crippen LogP contribution is 2.23. The fraction of sp³-hybridized carbons (Fsp3) is 0.0909. The summed E-state index contributed by atoms with van der Waals surface area (Å²) in [5.74, 6) is 2.55. The second-order valence-corrected chi connectivity index (χ2v) is 6.09. The van der Waals surface area contributed by atoms with Crippen LogP contribution in [0.4, 0.5) is 0 Å². The number of hydrogen-bond acceptors (Lipinski definition) is 3. The van der Waals surface area contributed by atoms with Crippen molar-refractivity contribution in [2.75, 3.05) is 7.11 Å². The Morgan fingerprint density at radius 2 is 1.81 bits per heavy atom. The molecule has 4 rings (SSSR count). The Balaban J connectivity index is 1.81. The second-order valence-electron chi connectivity index (χ2n) is 6.09. The first-order valence-electron chi connectivity index (χ1n) is 8.47. The van der Waals surface area contributed by atoms with Crippen LogP contribution in [-0.4, -0.2) is 21.6 Å². The molecule has 0 aliphatic heterocycles. The molecule has 0 fully saturated rings. The van der Waals surface area contributed by atoms with E-state index in [2.05, 4.69) is 34.7 Å². The summed E-state index contributed by atoms with van der Waals surface area (Å²) in [7, 11) is 1.67. The summed E-state index contributed by atoms with van der Waals surface area (Å²) in [6, 6.07) is 20.1. The SMILES string of the molecule is COc1ccc(C=Cc2nc3cc(C)ccc3n2-c2ccccn2)cc1. The Kier molecular flexibility index (Phi) is 4.23. The van der Waals surface area contributed by atoms with E-state index in [0.29, 0.717) is 0 Å². The smallest absolute Gasteiger partial charge is 0.139 e. The van der Waals surface area contributed by atoms with E-state index in [1.165, 1.54) is 5.56 Å². The summed E-state index contributed by atoms with van der Waals surface area (Å²) in [5, 5.41) is 0. The summed E-state index contributed by atoms with van der Waals surface area (Å²) in [6.07, 6.45) is 5.87. The highest BCUT2D eigenvalue weighted by molar-refractivity contribution is 5.82. The van der Waals surface area contributed by atoms with E-state index in [0.717, 1.165) is 34.0 Å². The van der Waals surface area contributed by atoms with E-state index in [1.54, 1.807) is 13.3 Å². The van der Waals surface area contributed by atoms with Crippen molar-refractivity contribution in [3.63, 3.8) is 0 Å². The Labute approximate surface area is 152 Å². The number of fused-ring (bicyclic) bond motifs is 1. The molecule has 4 aromatic rings. The van der Waals surface area contributed by atoms with Gasteiger partial charge in [-0.25, -0.2) is 9.97 Å². The highest BCUT2D eigenvalue weighted by atomic mass is 16.5. The van der Waals surface area contributed by atoms with Crippen LogP contribution in [0.2, 0.25) is 0 Å². The predicted octanol–water partition coefficient (Wildman–Crippen LogP) is 4.91. The number of methoxy groups -OCH3 is 1. The van der Waals surface area contributed by atoms with Gasteiger partial charge in [0, 0.05) is 6.20 Å². The molecule has 0 saturated carbocycles. The number of nitrogens with zero attached hydrogens (tertiary/aromatic N) is 3. The van der Waals surface area contributed by atoms with Crippen molar-refractivity contribution < 1.29 is 4.74 Å². The average molecular weight is 341 g/mol. The summed E-state index contributed by atoms with van der Waals surface area (Å²) in [6.45, 7) is 2.08. The number of benzene rings is 2. The van der Waals surface area contributed by atoms with Crippen LogP contribution in [0, 0.1) is 6.92 Å². The quantitative estimate of drug-likeness (QED) is 0.529. The fourth-order valence-corrected chi connectivity index (χ4v) is 2.93. The minimum atomic E-state index is 0.846. The van der Waals surface area contributed by atoms with Crippen LogP contribution in [0.3, 0.4) is 0 Å². The van der Waals surface area contributed by atoms with E-state index in [9.17, 15) is 0 Å². The van der Waals surface area contributed by atoms with Crippen molar-refractivity contribution in [1.29, 1.82) is 0 Å². The Bertz CT molecular complexity index is 1060. The van der Waals surface area contributed by atoms with Gasteiger partial charge in [0.25, 0.3) is 0 Å². The van der Waals surface area contributed by atoms with Gasteiger partial charge in [0.05, 0.1) is 18.1 Å². The zero-order valence-corrected chi connectivity index (χ0v) is 14.8. The van der Waals surface area contributed by atoms with Gasteiger partial charge in [-0.05, 0) is 60.5 Å². The number of hydrogen-bond donors (Lipinski definition) is 0. The van der Waals surface area contributed by atoms with E-state index < -0.39 is 0 Å².